The van der Waals surface area contributed by atoms with Gasteiger partial charge in [-0.2, -0.15) is 0 Å². The standard InChI is InChI=1S/C32H42N4O6S/c1-5-7-14-29(37)34-32(17-10-11-18-32)31(38)33-20-24-15-16-26(25(19-24)21-41-6-2)27-12-8-9-13-28(27)43(39,40)36-30-22(3)23(4)35-42-30/h8-9,12-13,15-16,19,36H,5-7,10-11,14,17-18,20-21H2,1-4H3,(H,33,38)(H,34,37). The highest BCUT2D eigenvalue weighted by molar-refractivity contribution is 7.92. The topological polar surface area (TPSA) is 140 Å². The molecule has 1 aromatic heterocycles. The number of sulfonamides is 1. The summed E-state index contributed by atoms with van der Waals surface area (Å²) in [5, 5.41) is 9.92. The lowest BCUT2D eigenvalue weighted by molar-refractivity contribution is -0.133. The van der Waals surface area contributed by atoms with E-state index in [2.05, 4.69) is 20.5 Å². The summed E-state index contributed by atoms with van der Waals surface area (Å²) in [6.45, 7) is 8.40. The van der Waals surface area contributed by atoms with E-state index in [1.54, 1.807) is 38.1 Å². The largest absolute Gasteiger partial charge is 0.377 e. The normalized spacial score (nSPS) is 14.4. The average molecular weight is 611 g/mol. The van der Waals surface area contributed by atoms with Crippen LogP contribution < -0.4 is 15.4 Å². The molecule has 3 aromatic rings. The maximum atomic E-state index is 13.5. The second-order valence-electron chi connectivity index (χ2n) is 11.1. The van der Waals surface area contributed by atoms with Gasteiger partial charge in [0.15, 0.2) is 0 Å². The molecular weight excluding hydrogens is 568 g/mol. The highest BCUT2D eigenvalue weighted by Gasteiger charge is 2.42. The van der Waals surface area contributed by atoms with E-state index in [9.17, 15) is 18.0 Å². The van der Waals surface area contributed by atoms with Crippen molar-refractivity contribution in [1.29, 1.82) is 0 Å². The number of rotatable bonds is 14. The van der Waals surface area contributed by atoms with Crippen molar-refractivity contribution in [1.82, 2.24) is 15.8 Å². The highest BCUT2D eigenvalue weighted by Crippen LogP contribution is 2.34. The molecule has 1 aliphatic carbocycles. The fourth-order valence-electron chi connectivity index (χ4n) is 5.37. The Morgan fingerprint density at radius 2 is 1.79 bits per heavy atom. The van der Waals surface area contributed by atoms with E-state index in [1.807, 2.05) is 32.0 Å². The Hall–Kier alpha value is -3.70. The summed E-state index contributed by atoms with van der Waals surface area (Å²) in [6, 6.07) is 12.4. The first-order chi connectivity index (χ1) is 20.6. The fourth-order valence-corrected chi connectivity index (χ4v) is 6.64. The molecule has 2 amide bonds. The second-order valence-corrected chi connectivity index (χ2v) is 12.7. The van der Waals surface area contributed by atoms with Gasteiger partial charge in [0, 0.05) is 30.7 Å². The van der Waals surface area contributed by atoms with E-state index in [4.69, 9.17) is 9.26 Å². The molecular formula is C32H42N4O6S. The second kappa shape index (κ2) is 14.2. The number of hydrogen-bond acceptors (Lipinski definition) is 7. The predicted octanol–water partition coefficient (Wildman–Crippen LogP) is 5.53. The third kappa shape index (κ3) is 7.64. The average Bonchev–Trinajstić information content (AvgIpc) is 3.60. The molecule has 0 saturated heterocycles. The van der Waals surface area contributed by atoms with Crippen LogP contribution in [0.3, 0.4) is 0 Å². The summed E-state index contributed by atoms with van der Waals surface area (Å²) in [4.78, 5) is 26.0. The van der Waals surface area contributed by atoms with Crippen molar-refractivity contribution in [2.45, 2.75) is 96.2 Å². The van der Waals surface area contributed by atoms with Crippen molar-refractivity contribution in [3.63, 3.8) is 0 Å². The molecule has 2 aromatic carbocycles. The van der Waals surface area contributed by atoms with Crippen molar-refractivity contribution in [3.8, 4) is 11.1 Å². The Labute approximate surface area is 254 Å². The highest BCUT2D eigenvalue weighted by atomic mass is 32.2. The summed E-state index contributed by atoms with van der Waals surface area (Å²) in [7, 11) is -4.02. The number of ether oxygens (including phenoxy) is 1. The Bertz CT molecular complexity index is 1540. The molecule has 0 unspecified atom stereocenters. The first-order valence-electron chi connectivity index (χ1n) is 14.9. The monoisotopic (exact) mass is 610 g/mol. The fraction of sp³-hybridized carbons (Fsp3) is 0.469. The Morgan fingerprint density at radius 1 is 1.05 bits per heavy atom. The molecule has 4 rings (SSSR count). The van der Waals surface area contributed by atoms with Crippen LogP contribution in [0.15, 0.2) is 51.9 Å². The molecule has 1 fully saturated rings. The van der Waals surface area contributed by atoms with Gasteiger partial charge in [0.25, 0.3) is 10.0 Å². The van der Waals surface area contributed by atoms with Crippen molar-refractivity contribution in [2.24, 2.45) is 0 Å². The minimum absolute atomic E-state index is 0.0783. The number of aryl methyl sites for hydroxylation is 1. The number of carbonyl (C=O) groups is 2. The molecule has 1 aliphatic rings. The summed E-state index contributed by atoms with van der Waals surface area (Å²) in [5.74, 6) is -0.181. The lowest BCUT2D eigenvalue weighted by Crippen LogP contribution is -2.57. The number of unbranched alkanes of at least 4 members (excludes halogenated alkanes) is 1. The van der Waals surface area contributed by atoms with E-state index >= 15 is 0 Å². The number of hydrogen-bond donors (Lipinski definition) is 3. The van der Waals surface area contributed by atoms with Crippen LogP contribution in [-0.4, -0.2) is 37.5 Å². The molecule has 1 heterocycles. The van der Waals surface area contributed by atoms with Gasteiger partial charge in [0.1, 0.15) is 5.54 Å². The van der Waals surface area contributed by atoms with Crippen molar-refractivity contribution < 1.29 is 27.3 Å². The smallest absolute Gasteiger partial charge is 0.264 e. The van der Waals surface area contributed by atoms with Gasteiger partial charge in [-0.15, -0.1) is 0 Å². The quantitative estimate of drug-likeness (QED) is 0.218. The van der Waals surface area contributed by atoms with E-state index in [0.717, 1.165) is 36.8 Å². The molecule has 232 valence electrons. The number of anilines is 1. The Balaban J connectivity index is 1.58. The van der Waals surface area contributed by atoms with Gasteiger partial charge >= 0.3 is 0 Å². The van der Waals surface area contributed by atoms with Crippen molar-refractivity contribution >= 4 is 27.7 Å². The van der Waals surface area contributed by atoms with Gasteiger partial charge in [-0.25, -0.2) is 13.1 Å². The molecule has 0 atom stereocenters. The van der Waals surface area contributed by atoms with Gasteiger partial charge in [-0.3, -0.25) is 9.59 Å². The van der Waals surface area contributed by atoms with Crippen LogP contribution in [-0.2, 0) is 37.5 Å². The number of amides is 2. The van der Waals surface area contributed by atoms with Crippen LogP contribution in [0.5, 0.6) is 0 Å². The maximum absolute atomic E-state index is 13.5. The lowest BCUT2D eigenvalue weighted by Gasteiger charge is -2.29. The Kier molecular flexibility index (Phi) is 10.6. The summed E-state index contributed by atoms with van der Waals surface area (Å²) in [5.41, 5.74) is 3.17. The first kappa shape index (κ1) is 32.2. The zero-order chi connectivity index (χ0) is 31.0. The molecule has 0 bridgehead atoms. The third-order valence-corrected chi connectivity index (χ3v) is 9.35. The summed E-state index contributed by atoms with van der Waals surface area (Å²) in [6.07, 6.45) is 5.15. The van der Waals surface area contributed by atoms with Crippen LogP contribution in [0.4, 0.5) is 5.88 Å². The SMILES string of the molecule is CCCCC(=O)NC1(C(=O)NCc2ccc(-c3ccccc3S(=O)(=O)Nc3onc(C)c3C)c(COCC)c2)CCCC1. The van der Waals surface area contributed by atoms with Gasteiger partial charge in [-0.1, -0.05) is 67.7 Å². The molecule has 1 saturated carbocycles. The molecule has 43 heavy (non-hydrogen) atoms. The number of benzene rings is 2. The Morgan fingerprint density at radius 3 is 2.47 bits per heavy atom. The van der Waals surface area contributed by atoms with E-state index in [0.29, 0.717) is 48.3 Å². The lowest BCUT2D eigenvalue weighted by atomic mass is 9.95. The molecule has 3 N–H and O–H groups in total. The minimum Gasteiger partial charge on any atom is -0.377 e. The number of aromatic nitrogens is 1. The van der Waals surface area contributed by atoms with Crippen molar-refractivity contribution in [3.05, 3.63) is 64.8 Å². The van der Waals surface area contributed by atoms with Crippen LogP contribution in [0, 0.1) is 13.8 Å². The molecule has 11 heteroatoms. The van der Waals surface area contributed by atoms with Crippen LogP contribution >= 0.6 is 0 Å². The summed E-state index contributed by atoms with van der Waals surface area (Å²) >= 11 is 0. The minimum atomic E-state index is -4.02. The van der Waals surface area contributed by atoms with E-state index in [1.165, 1.54) is 0 Å². The van der Waals surface area contributed by atoms with Crippen LogP contribution in [0.1, 0.15) is 81.2 Å². The third-order valence-electron chi connectivity index (χ3n) is 7.96. The number of nitrogens with one attached hydrogen (secondary N) is 3. The summed E-state index contributed by atoms with van der Waals surface area (Å²) < 4.78 is 40.5. The van der Waals surface area contributed by atoms with Gasteiger partial charge in [0.2, 0.25) is 17.7 Å². The molecule has 0 radical (unpaired) electrons. The number of nitrogens with zero attached hydrogens (tertiary/aromatic N) is 1. The van der Waals surface area contributed by atoms with Crippen LogP contribution in [0.2, 0.25) is 0 Å². The van der Waals surface area contributed by atoms with Crippen LogP contribution in [0.25, 0.3) is 11.1 Å². The van der Waals surface area contributed by atoms with Gasteiger partial charge < -0.3 is 19.9 Å². The van der Waals surface area contributed by atoms with Gasteiger partial charge in [-0.05, 0) is 62.8 Å². The number of carbonyl (C=O) groups excluding carboxylic acids is 2. The zero-order valence-electron chi connectivity index (χ0n) is 25.4. The van der Waals surface area contributed by atoms with E-state index in [-0.39, 0.29) is 35.7 Å². The van der Waals surface area contributed by atoms with Crippen molar-refractivity contribution in [2.75, 3.05) is 11.3 Å². The molecule has 0 spiro atoms. The first-order valence-corrected chi connectivity index (χ1v) is 16.4. The predicted molar refractivity (Wildman–Crippen MR) is 165 cm³/mol. The maximum Gasteiger partial charge on any atom is 0.264 e. The molecule has 0 aliphatic heterocycles. The zero-order valence-corrected chi connectivity index (χ0v) is 26.2. The van der Waals surface area contributed by atoms with Gasteiger partial charge in [0.05, 0.1) is 17.2 Å². The molecule has 10 nitrogen and oxygen atoms in total. The van der Waals surface area contributed by atoms with E-state index < -0.39 is 15.6 Å².